The summed E-state index contributed by atoms with van der Waals surface area (Å²) in [5.41, 5.74) is 4.32. The van der Waals surface area contributed by atoms with Crippen molar-refractivity contribution < 1.29 is 14.3 Å². The van der Waals surface area contributed by atoms with Gasteiger partial charge in [0.25, 0.3) is 0 Å². The molecule has 0 fully saturated rings. The molecule has 1 heterocycles. The molecule has 0 aliphatic rings. The lowest BCUT2D eigenvalue weighted by molar-refractivity contribution is -0.120. The molecule has 1 N–H and O–H groups in total. The van der Waals surface area contributed by atoms with E-state index in [2.05, 4.69) is 16.0 Å². The number of hydrogen-bond acceptors (Lipinski definition) is 4. The van der Waals surface area contributed by atoms with Gasteiger partial charge in [-0.25, -0.2) is 4.98 Å². The molecule has 0 aliphatic carbocycles. The first kappa shape index (κ1) is 24.3. The van der Waals surface area contributed by atoms with Crippen LogP contribution < -0.4 is 14.8 Å². The Bertz CT molecular complexity index is 1250. The Kier molecular flexibility index (Phi) is 8.39. The SMILES string of the molecule is COc1ccc(OCCCCn2c(CCNC(=O)Cc3ccccc3C)nc3ccccc32)cc1. The monoisotopic (exact) mass is 471 g/mol. The van der Waals surface area contributed by atoms with E-state index in [4.69, 9.17) is 14.5 Å². The predicted octanol–water partition coefficient (Wildman–Crippen LogP) is 5.11. The molecule has 1 amide bonds. The molecule has 0 saturated carbocycles. The molecule has 0 bridgehead atoms. The number of imidazole rings is 1. The Balaban J connectivity index is 1.29. The van der Waals surface area contributed by atoms with Crippen molar-refractivity contribution in [3.8, 4) is 11.5 Å². The molecule has 0 unspecified atom stereocenters. The van der Waals surface area contributed by atoms with E-state index in [0.29, 0.717) is 26.0 Å². The third-order valence-electron chi connectivity index (χ3n) is 6.12. The number of aryl methyl sites for hydroxylation is 2. The maximum atomic E-state index is 12.4. The van der Waals surface area contributed by atoms with Crippen LogP contribution in [0.1, 0.15) is 29.8 Å². The minimum Gasteiger partial charge on any atom is -0.497 e. The number of aromatic nitrogens is 2. The zero-order chi connectivity index (χ0) is 24.5. The van der Waals surface area contributed by atoms with Crippen molar-refractivity contribution in [1.29, 1.82) is 0 Å². The molecule has 0 radical (unpaired) electrons. The van der Waals surface area contributed by atoms with Crippen LogP contribution in [-0.2, 0) is 24.2 Å². The van der Waals surface area contributed by atoms with E-state index in [0.717, 1.165) is 58.9 Å². The number of amides is 1. The molecule has 4 rings (SSSR count). The first-order chi connectivity index (χ1) is 17.1. The third-order valence-corrected chi connectivity index (χ3v) is 6.12. The first-order valence-corrected chi connectivity index (χ1v) is 12.2. The topological polar surface area (TPSA) is 65.4 Å². The van der Waals surface area contributed by atoms with Gasteiger partial charge in [-0.15, -0.1) is 0 Å². The fourth-order valence-corrected chi connectivity index (χ4v) is 4.16. The number of fused-ring (bicyclic) bond motifs is 1. The van der Waals surface area contributed by atoms with Crippen LogP contribution >= 0.6 is 0 Å². The van der Waals surface area contributed by atoms with Gasteiger partial charge < -0.3 is 19.4 Å². The summed E-state index contributed by atoms with van der Waals surface area (Å²) in [6.07, 6.45) is 3.00. The lowest BCUT2D eigenvalue weighted by atomic mass is 10.1. The van der Waals surface area contributed by atoms with Crippen LogP contribution in [0.5, 0.6) is 11.5 Å². The smallest absolute Gasteiger partial charge is 0.224 e. The summed E-state index contributed by atoms with van der Waals surface area (Å²) in [5, 5.41) is 3.06. The van der Waals surface area contributed by atoms with E-state index < -0.39 is 0 Å². The fourth-order valence-electron chi connectivity index (χ4n) is 4.16. The Hall–Kier alpha value is -3.80. The molecule has 0 aliphatic heterocycles. The second kappa shape index (κ2) is 12.1. The largest absolute Gasteiger partial charge is 0.497 e. The van der Waals surface area contributed by atoms with Gasteiger partial charge in [0.05, 0.1) is 31.2 Å². The van der Waals surface area contributed by atoms with E-state index in [1.807, 2.05) is 73.7 Å². The number of carbonyl (C=O) groups is 1. The number of nitrogens with zero attached hydrogens (tertiary/aromatic N) is 2. The highest BCUT2D eigenvalue weighted by Gasteiger charge is 2.11. The highest BCUT2D eigenvalue weighted by atomic mass is 16.5. The molecule has 4 aromatic rings. The van der Waals surface area contributed by atoms with Crippen molar-refractivity contribution in [1.82, 2.24) is 14.9 Å². The quantitative estimate of drug-likeness (QED) is 0.292. The number of nitrogens with one attached hydrogen (secondary N) is 1. The summed E-state index contributed by atoms with van der Waals surface area (Å²) in [6.45, 7) is 4.11. The van der Waals surface area contributed by atoms with Crippen LogP contribution in [-0.4, -0.2) is 35.7 Å². The minimum atomic E-state index is 0.0395. The van der Waals surface area contributed by atoms with Crippen LogP contribution in [0.25, 0.3) is 11.0 Å². The Morgan fingerprint density at radius 1 is 0.943 bits per heavy atom. The number of unbranched alkanes of at least 4 members (excludes halogenated alkanes) is 1. The van der Waals surface area contributed by atoms with Crippen LogP contribution in [0.2, 0.25) is 0 Å². The summed E-state index contributed by atoms with van der Waals surface area (Å²) >= 11 is 0. The lowest BCUT2D eigenvalue weighted by Crippen LogP contribution is -2.28. The number of benzene rings is 3. The van der Waals surface area contributed by atoms with Gasteiger partial charge in [0.1, 0.15) is 17.3 Å². The van der Waals surface area contributed by atoms with Crippen molar-refractivity contribution in [2.75, 3.05) is 20.3 Å². The standard InChI is InChI=1S/C29H33N3O3/c1-22-9-3-4-10-23(22)21-29(33)30-18-17-28-31-26-11-5-6-12-27(26)32(28)19-7-8-20-35-25-15-13-24(34-2)14-16-25/h3-6,9-16H,7-8,17-21H2,1-2H3,(H,30,33). The molecule has 0 saturated heterocycles. The van der Waals surface area contributed by atoms with Crippen LogP contribution in [0.3, 0.4) is 0 Å². The van der Waals surface area contributed by atoms with Crippen LogP contribution in [0.4, 0.5) is 0 Å². The van der Waals surface area contributed by atoms with Crippen molar-refractivity contribution in [2.24, 2.45) is 0 Å². The van der Waals surface area contributed by atoms with Gasteiger partial charge in [0, 0.05) is 19.5 Å². The van der Waals surface area contributed by atoms with Crippen molar-refractivity contribution in [3.63, 3.8) is 0 Å². The fraction of sp³-hybridized carbons (Fsp3) is 0.310. The summed E-state index contributed by atoms with van der Waals surface area (Å²) in [5.74, 6) is 2.71. The van der Waals surface area contributed by atoms with Crippen LogP contribution in [0, 0.1) is 6.92 Å². The molecule has 35 heavy (non-hydrogen) atoms. The average molecular weight is 472 g/mol. The number of hydrogen-bond donors (Lipinski definition) is 1. The van der Waals surface area contributed by atoms with E-state index in [-0.39, 0.29) is 5.91 Å². The maximum Gasteiger partial charge on any atom is 0.224 e. The molecule has 182 valence electrons. The first-order valence-electron chi connectivity index (χ1n) is 12.2. The summed E-state index contributed by atoms with van der Waals surface area (Å²) < 4.78 is 13.3. The Morgan fingerprint density at radius 2 is 1.69 bits per heavy atom. The second-order valence-corrected chi connectivity index (χ2v) is 8.60. The molecule has 0 spiro atoms. The Morgan fingerprint density at radius 3 is 2.49 bits per heavy atom. The van der Waals surface area contributed by atoms with Crippen molar-refractivity contribution in [3.05, 3.63) is 89.7 Å². The van der Waals surface area contributed by atoms with Gasteiger partial charge in [0.2, 0.25) is 5.91 Å². The highest BCUT2D eigenvalue weighted by molar-refractivity contribution is 5.79. The van der Waals surface area contributed by atoms with E-state index in [9.17, 15) is 4.79 Å². The van der Waals surface area contributed by atoms with Gasteiger partial charge >= 0.3 is 0 Å². The van der Waals surface area contributed by atoms with Gasteiger partial charge in [0.15, 0.2) is 0 Å². The number of methoxy groups -OCH3 is 1. The average Bonchev–Trinajstić information content (AvgIpc) is 3.23. The number of rotatable bonds is 12. The molecule has 3 aromatic carbocycles. The molecule has 1 aromatic heterocycles. The molecule has 6 heteroatoms. The van der Waals surface area contributed by atoms with Gasteiger partial charge in [-0.3, -0.25) is 4.79 Å². The number of para-hydroxylation sites is 2. The minimum absolute atomic E-state index is 0.0395. The summed E-state index contributed by atoms with van der Waals surface area (Å²) in [4.78, 5) is 17.3. The summed E-state index contributed by atoms with van der Waals surface area (Å²) in [7, 11) is 1.66. The van der Waals surface area contributed by atoms with Gasteiger partial charge in [-0.05, 0) is 67.3 Å². The van der Waals surface area contributed by atoms with Crippen molar-refractivity contribution >= 4 is 16.9 Å². The van der Waals surface area contributed by atoms with Crippen LogP contribution in [0.15, 0.2) is 72.8 Å². The van der Waals surface area contributed by atoms with Gasteiger partial charge in [-0.1, -0.05) is 36.4 Å². The van der Waals surface area contributed by atoms with Gasteiger partial charge in [-0.2, -0.15) is 0 Å². The zero-order valence-electron chi connectivity index (χ0n) is 20.5. The molecular weight excluding hydrogens is 438 g/mol. The molecule has 6 nitrogen and oxygen atoms in total. The lowest BCUT2D eigenvalue weighted by Gasteiger charge is -2.11. The highest BCUT2D eigenvalue weighted by Crippen LogP contribution is 2.19. The summed E-state index contributed by atoms with van der Waals surface area (Å²) in [6, 6.07) is 23.9. The zero-order valence-corrected chi connectivity index (χ0v) is 20.5. The Labute approximate surface area is 206 Å². The number of carbonyl (C=O) groups excluding carboxylic acids is 1. The predicted molar refractivity (Wildman–Crippen MR) is 139 cm³/mol. The third kappa shape index (κ3) is 6.63. The van der Waals surface area contributed by atoms with Crippen molar-refractivity contribution in [2.45, 2.75) is 39.2 Å². The maximum absolute atomic E-state index is 12.4. The number of ether oxygens (including phenoxy) is 2. The molecule has 0 atom stereocenters. The van der Waals surface area contributed by atoms with E-state index >= 15 is 0 Å². The normalized spacial score (nSPS) is 10.9. The molecular formula is C29H33N3O3. The van der Waals surface area contributed by atoms with E-state index in [1.165, 1.54) is 0 Å². The second-order valence-electron chi connectivity index (χ2n) is 8.60. The van der Waals surface area contributed by atoms with E-state index in [1.54, 1.807) is 7.11 Å².